The normalized spacial score (nSPS) is 22.9. The smallest absolute Gasteiger partial charge is 0.326 e. The number of hydrogen-bond donors (Lipinski definition) is 1. The summed E-state index contributed by atoms with van der Waals surface area (Å²) in [5.74, 6) is -1.23. The highest BCUT2D eigenvalue weighted by atomic mass is 19.1. The highest BCUT2D eigenvalue weighted by molar-refractivity contribution is 5.85. The molecule has 1 rings (SSSR count). The summed E-state index contributed by atoms with van der Waals surface area (Å²) in [5.41, 5.74) is -1.31. The molecule has 1 aliphatic heterocycles. The Morgan fingerprint density at radius 3 is 2.65 bits per heavy atom. The largest absolute Gasteiger partial charge is 0.480 e. The Bertz CT molecular complexity index is 311. The predicted molar refractivity (Wildman–Crippen MR) is 61.3 cm³/mol. The third kappa shape index (κ3) is 3.68. The van der Waals surface area contributed by atoms with Crippen LogP contribution in [0.25, 0.3) is 0 Å². The van der Waals surface area contributed by atoms with E-state index >= 15 is 0 Å². The van der Waals surface area contributed by atoms with Gasteiger partial charge in [0.05, 0.1) is 0 Å². The first kappa shape index (κ1) is 13.9. The second-order valence-corrected chi connectivity index (χ2v) is 5.30. The summed E-state index contributed by atoms with van der Waals surface area (Å²) in [4.78, 5) is 24.1. The molecule has 0 radical (unpaired) electrons. The minimum absolute atomic E-state index is 0.0732. The highest BCUT2D eigenvalue weighted by Gasteiger charge is 2.38. The maximum absolute atomic E-state index is 13.5. The molecule has 2 atom stereocenters. The number of carboxylic acids is 1. The van der Waals surface area contributed by atoms with E-state index in [0.29, 0.717) is 19.4 Å². The van der Waals surface area contributed by atoms with Gasteiger partial charge >= 0.3 is 5.97 Å². The number of rotatable bonds is 5. The summed E-state index contributed by atoms with van der Waals surface area (Å²) in [6.07, 6.45) is 0.940. The Morgan fingerprint density at radius 1 is 1.65 bits per heavy atom. The molecule has 0 aromatic heterocycles. The van der Waals surface area contributed by atoms with E-state index in [9.17, 15) is 14.0 Å². The molecule has 0 aromatic rings. The third-order valence-corrected chi connectivity index (χ3v) is 3.06. The van der Waals surface area contributed by atoms with Crippen molar-refractivity contribution in [2.45, 2.75) is 51.7 Å². The molecule has 1 N–H and O–H groups in total. The molecule has 1 aliphatic rings. The second-order valence-electron chi connectivity index (χ2n) is 5.30. The Hall–Kier alpha value is -1.13. The van der Waals surface area contributed by atoms with E-state index in [0.717, 1.165) is 0 Å². The molecule has 1 amide bonds. The fraction of sp³-hybridized carbons (Fsp3) is 0.833. The van der Waals surface area contributed by atoms with Crippen molar-refractivity contribution in [2.75, 3.05) is 6.54 Å². The van der Waals surface area contributed by atoms with E-state index < -0.39 is 17.7 Å². The molecule has 98 valence electrons. The van der Waals surface area contributed by atoms with Crippen molar-refractivity contribution < 1.29 is 19.1 Å². The van der Waals surface area contributed by atoms with Gasteiger partial charge in [-0.25, -0.2) is 9.18 Å². The molecule has 5 heteroatoms. The van der Waals surface area contributed by atoms with Crippen LogP contribution in [0.3, 0.4) is 0 Å². The van der Waals surface area contributed by atoms with Crippen molar-refractivity contribution in [3.63, 3.8) is 0 Å². The standard InChI is InChI=1S/C12H20FNO3/c1-4-9(11(16)17)14-7-8(5-10(14)15)6-12(2,3)13/h8-9H,4-7H2,1-3H3,(H,16,17). The number of carbonyl (C=O) groups excluding carboxylic acids is 1. The van der Waals surface area contributed by atoms with E-state index in [2.05, 4.69) is 0 Å². The van der Waals surface area contributed by atoms with Gasteiger partial charge in [-0.1, -0.05) is 6.92 Å². The van der Waals surface area contributed by atoms with Crippen molar-refractivity contribution in [3.8, 4) is 0 Å². The number of carboxylic acid groups (broad SMARTS) is 1. The fourth-order valence-electron chi connectivity index (χ4n) is 2.46. The summed E-state index contributed by atoms with van der Waals surface area (Å²) < 4.78 is 13.5. The van der Waals surface area contributed by atoms with Gasteiger partial charge in [0.1, 0.15) is 11.7 Å². The van der Waals surface area contributed by atoms with Gasteiger partial charge in [-0.15, -0.1) is 0 Å². The summed E-state index contributed by atoms with van der Waals surface area (Å²) in [7, 11) is 0. The maximum atomic E-state index is 13.5. The van der Waals surface area contributed by atoms with Crippen LogP contribution in [0.1, 0.15) is 40.0 Å². The van der Waals surface area contributed by atoms with Crippen molar-refractivity contribution >= 4 is 11.9 Å². The number of alkyl halides is 1. The third-order valence-electron chi connectivity index (χ3n) is 3.06. The molecule has 0 aromatic carbocycles. The van der Waals surface area contributed by atoms with Crippen LogP contribution >= 0.6 is 0 Å². The van der Waals surface area contributed by atoms with Gasteiger partial charge in [-0.05, 0) is 32.6 Å². The van der Waals surface area contributed by atoms with E-state index in [4.69, 9.17) is 5.11 Å². The van der Waals surface area contributed by atoms with Crippen molar-refractivity contribution in [1.29, 1.82) is 0 Å². The average molecular weight is 245 g/mol. The van der Waals surface area contributed by atoms with E-state index in [1.165, 1.54) is 18.7 Å². The van der Waals surface area contributed by atoms with Crippen LogP contribution < -0.4 is 0 Å². The first-order valence-corrected chi connectivity index (χ1v) is 5.95. The first-order valence-electron chi connectivity index (χ1n) is 5.95. The van der Waals surface area contributed by atoms with Gasteiger partial charge < -0.3 is 10.0 Å². The number of halogens is 1. The zero-order valence-corrected chi connectivity index (χ0v) is 10.6. The molecule has 0 saturated carbocycles. The molecule has 0 aliphatic carbocycles. The van der Waals surface area contributed by atoms with Gasteiger partial charge in [0, 0.05) is 13.0 Å². The lowest BCUT2D eigenvalue weighted by Gasteiger charge is -2.24. The summed E-state index contributed by atoms with van der Waals surface area (Å²) >= 11 is 0. The monoisotopic (exact) mass is 245 g/mol. The van der Waals surface area contributed by atoms with Crippen molar-refractivity contribution in [3.05, 3.63) is 0 Å². The SMILES string of the molecule is CCC(C(=O)O)N1CC(CC(C)(C)F)CC1=O. The minimum atomic E-state index is -1.31. The van der Waals surface area contributed by atoms with Gasteiger partial charge in [0.2, 0.25) is 5.91 Å². The minimum Gasteiger partial charge on any atom is -0.480 e. The van der Waals surface area contributed by atoms with Crippen LogP contribution in [0.15, 0.2) is 0 Å². The van der Waals surface area contributed by atoms with Crippen LogP contribution in [0.2, 0.25) is 0 Å². The van der Waals surface area contributed by atoms with Crippen LogP contribution in [0.5, 0.6) is 0 Å². The molecule has 1 heterocycles. The second kappa shape index (κ2) is 5.02. The lowest BCUT2D eigenvalue weighted by atomic mass is 9.94. The lowest BCUT2D eigenvalue weighted by molar-refractivity contribution is -0.148. The number of nitrogens with zero attached hydrogens (tertiary/aromatic N) is 1. The Kier molecular flexibility index (Phi) is 4.11. The lowest BCUT2D eigenvalue weighted by Crippen LogP contribution is -2.41. The molecule has 1 saturated heterocycles. The number of hydrogen-bond acceptors (Lipinski definition) is 2. The molecule has 1 fully saturated rings. The first-order chi connectivity index (χ1) is 7.74. The van der Waals surface area contributed by atoms with Crippen LogP contribution in [-0.2, 0) is 9.59 Å². The zero-order valence-electron chi connectivity index (χ0n) is 10.6. The predicted octanol–water partition coefficient (Wildman–Crippen LogP) is 1.84. The van der Waals surface area contributed by atoms with E-state index in [1.54, 1.807) is 6.92 Å². The Labute approximate surface area is 101 Å². The average Bonchev–Trinajstić information content (AvgIpc) is 2.44. The molecule has 4 nitrogen and oxygen atoms in total. The Morgan fingerprint density at radius 2 is 2.24 bits per heavy atom. The van der Waals surface area contributed by atoms with E-state index in [1.807, 2.05) is 0 Å². The summed E-state index contributed by atoms with van der Waals surface area (Å²) in [6.45, 7) is 5.05. The molecular weight excluding hydrogens is 225 g/mol. The van der Waals surface area contributed by atoms with Crippen LogP contribution in [0.4, 0.5) is 4.39 Å². The van der Waals surface area contributed by atoms with Gasteiger partial charge in [0.15, 0.2) is 0 Å². The van der Waals surface area contributed by atoms with Gasteiger partial charge in [-0.2, -0.15) is 0 Å². The number of amides is 1. The van der Waals surface area contributed by atoms with Crippen molar-refractivity contribution in [2.24, 2.45) is 5.92 Å². The molecule has 2 unspecified atom stereocenters. The maximum Gasteiger partial charge on any atom is 0.326 e. The topological polar surface area (TPSA) is 57.6 Å². The van der Waals surface area contributed by atoms with Crippen LogP contribution in [-0.4, -0.2) is 40.1 Å². The number of carbonyl (C=O) groups is 2. The number of aliphatic carboxylic acids is 1. The molecule has 0 spiro atoms. The quantitative estimate of drug-likeness (QED) is 0.804. The Balaban J connectivity index is 2.67. The van der Waals surface area contributed by atoms with Gasteiger partial charge in [-0.3, -0.25) is 4.79 Å². The van der Waals surface area contributed by atoms with Gasteiger partial charge in [0.25, 0.3) is 0 Å². The highest BCUT2D eigenvalue weighted by Crippen LogP contribution is 2.30. The van der Waals surface area contributed by atoms with E-state index in [-0.39, 0.29) is 18.2 Å². The summed E-state index contributed by atoms with van der Waals surface area (Å²) in [6, 6.07) is -0.768. The molecule has 0 bridgehead atoms. The molecule has 17 heavy (non-hydrogen) atoms. The van der Waals surface area contributed by atoms with Crippen molar-refractivity contribution in [1.82, 2.24) is 4.90 Å². The van der Waals surface area contributed by atoms with Crippen LogP contribution in [0, 0.1) is 5.92 Å². The fourth-order valence-corrected chi connectivity index (χ4v) is 2.46. The summed E-state index contributed by atoms with van der Waals surface area (Å²) in [5, 5.41) is 9.00. The number of likely N-dealkylation sites (tertiary alicyclic amines) is 1. The zero-order chi connectivity index (χ0) is 13.2. The molecular formula is C12H20FNO3.